The predicted octanol–water partition coefficient (Wildman–Crippen LogP) is 1.81. The Morgan fingerprint density at radius 1 is 1.16 bits per heavy atom. The monoisotopic (exact) mass is 257 g/mol. The van der Waals surface area contributed by atoms with Crippen LogP contribution in [0, 0.1) is 13.8 Å². The van der Waals surface area contributed by atoms with Gasteiger partial charge in [0.15, 0.2) is 6.29 Å². The molecule has 1 aromatic heterocycles. The maximum absolute atomic E-state index is 11.0. The van der Waals surface area contributed by atoms with Crippen LogP contribution in [-0.2, 0) is 0 Å². The van der Waals surface area contributed by atoms with Gasteiger partial charge in [0, 0.05) is 5.69 Å². The maximum Gasteiger partial charge on any atom is 0.223 e. The second-order valence-corrected chi connectivity index (χ2v) is 4.27. The average molecular weight is 257 g/mol. The zero-order valence-corrected chi connectivity index (χ0v) is 10.8. The van der Waals surface area contributed by atoms with Gasteiger partial charge in [0.05, 0.1) is 5.56 Å². The summed E-state index contributed by atoms with van der Waals surface area (Å²) in [6.45, 7) is 4.03. The van der Waals surface area contributed by atoms with Crippen LogP contribution in [0.2, 0.25) is 0 Å². The first-order valence-corrected chi connectivity index (χ1v) is 5.73. The number of aldehydes is 1. The van der Waals surface area contributed by atoms with Gasteiger partial charge in [-0.2, -0.15) is 9.97 Å². The van der Waals surface area contributed by atoms with Crippen LogP contribution in [0.5, 0.6) is 0 Å². The number of aryl methyl sites for hydroxylation is 2. The quantitative estimate of drug-likeness (QED) is 0.724. The van der Waals surface area contributed by atoms with Crippen molar-refractivity contribution in [1.29, 1.82) is 0 Å². The van der Waals surface area contributed by atoms with E-state index in [0.717, 1.165) is 11.3 Å². The molecule has 0 spiro atoms. The molecule has 6 nitrogen and oxygen atoms in total. The number of carbonyl (C=O) groups excluding carboxylic acids is 1. The van der Waals surface area contributed by atoms with E-state index in [-0.39, 0.29) is 17.3 Å². The van der Waals surface area contributed by atoms with Gasteiger partial charge in [0.1, 0.15) is 11.6 Å². The molecule has 2 rings (SSSR count). The lowest BCUT2D eigenvalue weighted by Gasteiger charge is -2.11. The zero-order chi connectivity index (χ0) is 14.0. The molecule has 0 radical (unpaired) electrons. The average Bonchev–Trinajstić information content (AvgIpc) is 2.33. The number of nitrogen functional groups attached to an aromatic ring is 2. The van der Waals surface area contributed by atoms with Gasteiger partial charge < -0.3 is 16.8 Å². The summed E-state index contributed by atoms with van der Waals surface area (Å²) in [6, 6.07) is 5.83. The molecular formula is C13H15N5O. The van der Waals surface area contributed by atoms with E-state index in [1.807, 2.05) is 32.0 Å². The number of rotatable bonds is 3. The summed E-state index contributed by atoms with van der Waals surface area (Å²) >= 11 is 0. The van der Waals surface area contributed by atoms with Crippen LogP contribution in [0.25, 0.3) is 0 Å². The number of aromatic nitrogens is 2. The standard InChI is InChI=1S/C13H15N5O/c1-7-3-4-9(5-8(7)2)16-12-10(6-19)11(14)17-13(15)18-12/h3-6H,1-2H3,(H5,14,15,16,17,18). The van der Waals surface area contributed by atoms with Crippen LogP contribution < -0.4 is 16.8 Å². The Labute approximate surface area is 110 Å². The van der Waals surface area contributed by atoms with Crippen molar-refractivity contribution in [2.45, 2.75) is 13.8 Å². The van der Waals surface area contributed by atoms with Gasteiger partial charge in [-0.05, 0) is 37.1 Å². The van der Waals surface area contributed by atoms with E-state index >= 15 is 0 Å². The van der Waals surface area contributed by atoms with Gasteiger partial charge in [0.2, 0.25) is 5.95 Å². The smallest absolute Gasteiger partial charge is 0.223 e. The number of nitrogens with one attached hydrogen (secondary N) is 1. The van der Waals surface area contributed by atoms with Crippen LogP contribution in [0.3, 0.4) is 0 Å². The summed E-state index contributed by atoms with van der Waals surface area (Å²) in [5.41, 5.74) is 14.5. The van der Waals surface area contributed by atoms with E-state index in [1.165, 1.54) is 5.56 Å². The first-order valence-electron chi connectivity index (χ1n) is 5.73. The molecule has 0 unspecified atom stereocenters. The molecular weight excluding hydrogens is 242 g/mol. The van der Waals surface area contributed by atoms with Gasteiger partial charge >= 0.3 is 0 Å². The molecule has 0 aliphatic carbocycles. The van der Waals surface area contributed by atoms with Crippen LogP contribution in [0.1, 0.15) is 21.5 Å². The van der Waals surface area contributed by atoms with Crippen molar-refractivity contribution in [3.05, 3.63) is 34.9 Å². The second-order valence-electron chi connectivity index (χ2n) is 4.27. The summed E-state index contributed by atoms with van der Waals surface area (Å²) in [5.74, 6) is 0.395. The number of benzene rings is 1. The molecule has 0 saturated carbocycles. The van der Waals surface area contributed by atoms with E-state index in [0.29, 0.717) is 12.1 Å². The molecule has 0 aliphatic heterocycles. The molecule has 0 amide bonds. The first kappa shape index (κ1) is 12.8. The lowest BCUT2D eigenvalue weighted by molar-refractivity contribution is 0.112. The van der Waals surface area contributed by atoms with Crippen LogP contribution in [-0.4, -0.2) is 16.3 Å². The number of nitrogens with zero attached hydrogens (tertiary/aromatic N) is 2. The van der Waals surface area contributed by atoms with Gasteiger partial charge in [-0.3, -0.25) is 4.79 Å². The van der Waals surface area contributed by atoms with Crippen LogP contribution in [0.4, 0.5) is 23.3 Å². The fourth-order valence-corrected chi connectivity index (χ4v) is 1.67. The summed E-state index contributed by atoms with van der Waals surface area (Å²) in [6.07, 6.45) is 0.609. The van der Waals surface area contributed by atoms with Crippen molar-refractivity contribution in [3.8, 4) is 0 Å². The number of carbonyl (C=O) groups is 1. The molecule has 0 bridgehead atoms. The molecule has 6 heteroatoms. The minimum absolute atomic E-state index is 0.0226. The predicted molar refractivity (Wildman–Crippen MR) is 75.4 cm³/mol. The Bertz CT molecular complexity index is 639. The number of anilines is 4. The molecule has 5 N–H and O–H groups in total. The highest BCUT2D eigenvalue weighted by atomic mass is 16.1. The molecule has 0 atom stereocenters. The van der Waals surface area contributed by atoms with E-state index in [9.17, 15) is 4.79 Å². The number of hydrogen-bond donors (Lipinski definition) is 3. The van der Waals surface area contributed by atoms with E-state index in [4.69, 9.17) is 11.5 Å². The molecule has 0 fully saturated rings. The highest BCUT2D eigenvalue weighted by Gasteiger charge is 2.11. The molecule has 0 aliphatic rings. The zero-order valence-electron chi connectivity index (χ0n) is 10.8. The lowest BCUT2D eigenvalue weighted by atomic mass is 10.1. The van der Waals surface area contributed by atoms with Gasteiger partial charge in [0.25, 0.3) is 0 Å². The number of hydrogen-bond acceptors (Lipinski definition) is 6. The highest BCUT2D eigenvalue weighted by molar-refractivity contribution is 5.90. The Morgan fingerprint density at radius 3 is 2.53 bits per heavy atom. The molecule has 0 saturated heterocycles. The van der Waals surface area contributed by atoms with Crippen molar-refractivity contribution in [2.24, 2.45) is 0 Å². The van der Waals surface area contributed by atoms with Crippen LogP contribution in [0.15, 0.2) is 18.2 Å². The lowest BCUT2D eigenvalue weighted by Crippen LogP contribution is -2.08. The summed E-state index contributed by atoms with van der Waals surface area (Å²) in [7, 11) is 0. The summed E-state index contributed by atoms with van der Waals surface area (Å²) in [5, 5.41) is 3.03. The van der Waals surface area contributed by atoms with Crippen molar-refractivity contribution >= 4 is 29.6 Å². The molecule has 2 aromatic rings. The van der Waals surface area contributed by atoms with Crippen molar-refractivity contribution in [1.82, 2.24) is 9.97 Å². The van der Waals surface area contributed by atoms with E-state index in [2.05, 4.69) is 15.3 Å². The van der Waals surface area contributed by atoms with Crippen molar-refractivity contribution < 1.29 is 4.79 Å². The third-order valence-corrected chi connectivity index (χ3v) is 2.88. The van der Waals surface area contributed by atoms with Crippen molar-refractivity contribution in [2.75, 3.05) is 16.8 Å². The summed E-state index contributed by atoms with van der Waals surface area (Å²) < 4.78 is 0. The topological polar surface area (TPSA) is 107 Å². The van der Waals surface area contributed by atoms with Gasteiger partial charge in [-0.15, -0.1) is 0 Å². The molecule has 1 heterocycles. The third kappa shape index (κ3) is 2.62. The largest absolute Gasteiger partial charge is 0.383 e. The second kappa shape index (κ2) is 4.93. The fourth-order valence-electron chi connectivity index (χ4n) is 1.67. The van der Waals surface area contributed by atoms with Crippen LogP contribution >= 0.6 is 0 Å². The van der Waals surface area contributed by atoms with Gasteiger partial charge in [-0.1, -0.05) is 6.07 Å². The normalized spacial score (nSPS) is 10.2. The highest BCUT2D eigenvalue weighted by Crippen LogP contribution is 2.23. The Morgan fingerprint density at radius 2 is 1.89 bits per heavy atom. The SMILES string of the molecule is Cc1ccc(Nc2nc(N)nc(N)c2C=O)cc1C. The third-order valence-electron chi connectivity index (χ3n) is 2.88. The van der Waals surface area contributed by atoms with E-state index < -0.39 is 0 Å². The Hall–Kier alpha value is -2.63. The molecule has 1 aromatic carbocycles. The molecule has 98 valence electrons. The first-order chi connectivity index (χ1) is 9.01. The van der Waals surface area contributed by atoms with Gasteiger partial charge in [-0.25, -0.2) is 0 Å². The molecule has 19 heavy (non-hydrogen) atoms. The van der Waals surface area contributed by atoms with Crippen molar-refractivity contribution in [3.63, 3.8) is 0 Å². The minimum atomic E-state index is 0.0226. The fraction of sp³-hybridized carbons (Fsp3) is 0.154. The summed E-state index contributed by atoms with van der Waals surface area (Å²) in [4.78, 5) is 18.8. The maximum atomic E-state index is 11.0. The Kier molecular flexibility index (Phi) is 3.33. The number of nitrogens with two attached hydrogens (primary N) is 2. The van der Waals surface area contributed by atoms with E-state index in [1.54, 1.807) is 0 Å². The Balaban J connectivity index is 2.42. The minimum Gasteiger partial charge on any atom is -0.383 e.